The van der Waals surface area contributed by atoms with Crippen molar-refractivity contribution in [3.63, 3.8) is 0 Å². The van der Waals surface area contributed by atoms with Crippen molar-refractivity contribution in [1.29, 1.82) is 0 Å². The molecule has 0 bridgehead atoms. The van der Waals surface area contributed by atoms with Crippen LogP contribution in [-0.2, 0) is 6.54 Å². The van der Waals surface area contributed by atoms with Gasteiger partial charge in [-0.25, -0.2) is 0 Å². The van der Waals surface area contributed by atoms with E-state index in [1.54, 1.807) is 0 Å². The van der Waals surface area contributed by atoms with Crippen LogP contribution in [0.15, 0.2) is 24.5 Å². The molecule has 1 rings (SSSR count). The van der Waals surface area contributed by atoms with Crippen LogP contribution in [0.5, 0.6) is 0 Å². The minimum Gasteiger partial charge on any atom is -0.330 e. The van der Waals surface area contributed by atoms with Gasteiger partial charge in [0.25, 0.3) is 0 Å². The summed E-state index contributed by atoms with van der Waals surface area (Å²) in [6.07, 6.45) is 7.41. The number of pyridine rings is 1. The van der Waals surface area contributed by atoms with Crippen molar-refractivity contribution in [3.8, 4) is 0 Å². The average molecular weight is 291 g/mol. The van der Waals surface area contributed by atoms with Crippen LogP contribution < -0.4 is 5.73 Å². The van der Waals surface area contributed by atoms with E-state index in [2.05, 4.69) is 49.7 Å². The number of nitrogens with two attached hydrogens (primary N) is 1. The fourth-order valence-corrected chi connectivity index (χ4v) is 2.87. The Morgan fingerprint density at radius 3 is 2.38 bits per heavy atom. The highest BCUT2D eigenvalue weighted by molar-refractivity contribution is 5.09. The molecule has 21 heavy (non-hydrogen) atoms. The van der Waals surface area contributed by atoms with Crippen molar-refractivity contribution in [2.75, 3.05) is 19.6 Å². The van der Waals surface area contributed by atoms with Crippen molar-refractivity contribution < 1.29 is 0 Å². The summed E-state index contributed by atoms with van der Waals surface area (Å²) in [5, 5.41) is 0. The van der Waals surface area contributed by atoms with Crippen LogP contribution in [0, 0.1) is 11.3 Å². The summed E-state index contributed by atoms with van der Waals surface area (Å²) in [7, 11) is 0. The van der Waals surface area contributed by atoms with Crippen LogP contribution in [-0.4, -0.2) is 29.5 Å². The predicted octanol–water partition coefficient (Wildman–Crippen LogP) is 3.69. The second-order valence-electron chi connectivity index (χ2n) is 7.01. The third-order valence-corrected chi connectivity index (χ3v) is 4.37. The topological polar surface area (TPSA) is 42.1 Å². The van der Waals surface area contributed by atoms with Crippen molar-refractivity contribution in [2.24, 2.45) is 17.1 Å². The van der Waals surface area contributed by atoms with Crippen LogP contribution in [0.25, 0.3) is 0 Å². The average Bonchev–Trinajstić information content (AvgIpc) is 2.45. The van der Waals surface area contributed by atoms with Gasteiger partial charge in [-0.2, -0.15) is 0 Å². The van der Waals surface area contributed by atoms with Gasteiger partial charge in [0.05, 0.1) is 0 Å². The van der Waals surface area contributed by atoms with Gasteiger partial charge in [-0.15, -0.1) is 0 Å². The first kappa shape index (κ1) is 18.1. The summed E-state index contributed by atoms with van der Waals surface area (Å²) in [6, 6.07) is 4.21. The molecule has 2 N–H and O–H groups in total. The first-order valence-electron chi connectivity index (χ1n) is 8.28. The van der Waals surface area contributed by atoms with Crippen LogP contribution in [0.2, 0.25) is 0 Å². The monoisotopic (exact) mass is 291 g/mol. The Morgan fingerprint density at radius 1 is 1.19 bits per heavy atom. The number of aromatic nitrogens is 1. The van der Waals surface area contributed by atoms with Gasteiger partial charge in [0.2, 0.25) is 0 Å². The van der Waals surface area contributed by atoms with E-state index in [1.807, 2.05) is 12.4 Å². The summed E-state index contributed by atoms with van der Waals surface area (Å²) in [5.41, 5.74) is 7.48. The molecule has 0 aliphatic rings. The van der Waals surface area contributed by atoms with Gasteiger partial charge >= 0.3 is 0 Å². The van der Waals surface area contributed by atoms with E-state index >= 15 is 0 Å². The zero-order chi connectivity index (χ0) is 15.7. The van der Waals surface area contributed by atoms with E-state index in [0.29, 0.717) is 5.41 Å². The largest absolute Gasteiger partial charge is 0.330 e. The fraction of sp³-hybridized carbons (Fsp3) is 0.722. The molecular weight excluding hydrogens is 258 g/mol. The Hall–Kier alpha value is -0.930. The number of hydrogen-bond donors (Lipinski definition) is 1. The summed E-state index contributed by atoms with van der Waals surface area (Å²) in [4.78, 5) is 6.59. The lowest BCUT2D eigenvalue weighted by Crippen LogP contribution is -2.27. The number of nitrogens with zero attached hydrogens (tertiary/aromatic N) is 2. The highest BCUT2D eigenvalue weighted by Gasteiger charge is 2.23. The molecule has 3 heteroatoms. The zero-order valence-electron chi connectivity index (χ0n) is 14.3. The Labute approximate surface area is 130 Å². The molecule has 1 aromatic rings. The molecule has 0 aliphatic heterocycles. The van der Waals surface area contributed by atoms with Crippen molar-refractivity contribution in [2.45, 2.75) is 53.5 Å². The lowest BCUT2D eigenvalue weighted by atomic mass is 9.76. The van der Waals surface area contributed by atoms with Gasteiger partial charge in [0.15, 0.2) is 0 Å². The van der Waals surface area contributed by atoms with Gasteiger partial charge < -0.3 is 5.73 Å². The molecule has 0 fully saturated rings. The second-order valence-corrected chi connectivity index (χ2v) is 7.01. The first-order chi connectivity index (χ1) is 9.97. The molecular formula is C18H33N3. The van der Waals surface area contributed by atoms with Crippen molar-refractivity contribution in [3.05, 3.63) is 30.1 Å². The van der Waals surface area contributed by atoms with Crippen molar-refractivity contribution >= 4 is 0 Å². The Kier molecular flexibility index (Phi) is 7.91. The van der Waals surface area contributed by atoms with Gasteiger partial charge in [0, 0.05) is 18.9 Å². The SMILES string of the molecule is CCN(CCCC(CCN)C(C)(C)C)Cc1ccncc1. The lowest BCUT2D eigenvalue weighted by molar-refractivity contribution is 0.193. The molecule has 0 aliphatic carbocycles. The van der Waals surface area contributed by atoms with E-state index in [4.69, 9.17) is 5.73 Å². The Morgan fingerprint density at radius 2 is 1.86 bits per heavy atom. The summed E-state index contributed by atoms with van der Waals surface area (Å²) < 4.78 is 0. The predicted molar refractivity (Wildman–Crippen MR) is 91.0 cm³/mol. The lowest BCUT2D eigenvalue weighted by Gasteiger charge is -2.31. The Bertz CT molecular complexity index is 370. The molecule has 1 heterocycles. The maximum Gasteiger partial charge on any atom is 0.0271 e. The smallest absolute Gasteiger partial charge is 0.0271 e. The van der Waals surface area contributed by atoms with E-state index in [0.717, 1.165) is 38.5 Å². The van der Waals surface area contributed by atoms with Crippen LogP contribution in [0.4, 0.5) is 0 Å². The molecule has 0 aromatic carbocycles. The third kappa shape index (κ3) is 7.05. The van der Waals surface area contributed by atoms with Gasteiger partial charge in [-0.1, -0.05) is 27.7 Å². The van der Waals surface area contributed by atoms with Gasteiger partial charge in [-0.05, 0) is 67.9 Å². The summed E-state index contributed by atoms with van der Waals surface area (Å²) >= 11 is 0. The highest BCUT2D eigenvalue weighted by Crippen LogP contribution is 2.32. The van der Waals surface area contributed by atoms with Crippen molar-refractivity contribution in [1.82, 2.24) is 9.88 Å². The van der Waals surface area contributed by atoms with Crippen LogP contribution >= 0.6 is 0 Å². The van der Waals surface area contributed by atoms with E-state index < -0.39 is 0 Å². The van der Waals surface area contributed by atoms with Crippen LogP contribution in [0.3, 0.4) is 0 Å². The third-order valence-electron chi connectivity index (χ3n) is 4.37. The zero-order valence-corrected chi connectivity index (χ0v) is 14.3. The van der Waals surface area contributed by atoms with Crippen LogP contribution in [0.1, 0.15) is 52.5 Å². The molecule has 0 saturated carbocycles. The molecule has 0 radical (unpaired) electrons. The van der Waals surface area contributed by atoms with Gasteiger partial charge in [-0.3, -0.25) is 9.88 Å². The first-order valence-corrected chi connectivity index (χ1v) is 8.28. The fourth-order valence-electron chi connectivity index (χ4n) is 2.87. The van der Waals surface area contributed by atoms with Gasteiger partial charge in [0.1, 0.15) is 0 Å². The molecule has 0 amide bonds. The standard InChI is InChI=1S/C18H33N3/c1-5-21(15-16-9-12-20-13-10-16)14-6-7-17(8-11-19)18(2,3)4/h9-10,12-13,17H,5-8,11,14-15,19H2,1-4H3. The number of hydrogen-bond acceptors (Lipinski definition) is 3. The Balaban J connectivity index is 2.40. The quantitative estimate of drug-likeness (QED) is 0.754. The minimum atomic E-state index is 0.363. The maximum absolute atomic E-state index is 5.77. The second kappa shape index (κ2) is 9.16. The molecule has 1 aromatic heterocycles. The molecule has 0 saturated heterocycles. The van der Waals surface area contributed by atoms with E-state index in [1.165, 1.54) is 18.4 Å². The minimum absolute atomic E-state index is 0.363. The molecule has 1 atom stereocenters. The molecule has 120 valence electrons. The maximum atomic E-state index is 5.77. The molecule has 3 nitrogen and oxygen atoms in total. The van der Waals surface area contributed by atoms with E-state index in [-0.39, 0.29) is 0 Å². The normalized spacial score (nSPS) is 13.6. The van der Waals surface area contributed by atoms with E-state index in [9.17, 15) is 0 Å². The molecule has 0 spiro atoms. The highest BCUT2D eigenvalue weighted by atomic mass is 15.1. The summed E-state index contributed by atoms with van der Waals surface area (Å²) in [6.45, 7) is 13.3. The number of rotatable bonds is 9. The summed E-state index contributed by atoms with van der Waals surface area (Å²) in [5.74, 6) is 0.724. The molecule has 1 unspecified atom stereocenters.